The van der Waals surface area contributed by atoms with E-state index in [0.717, 1.165) is 26.1 Å². The van der Waals surface area contributed by atoms with Crippen LogP contribution in [0.5, 0.6) is 0 Å². The first kappa shape index (κ1) is 11.8. The first-order valence-corrected chi connectivity index (χ1v) is 6.72. The first-order chi connectivity index (χ1) is 8.93. The van der Waals surface area contributed by atoms with Crippen LogP contribution in [0.3, 0.4) is 0 Å². The third-order valence-electron chi connectivity index (χ3n) is 3.49. The average molecular weight is 245 g/mol. The summed E-state index contributed by atoms with van der Waals surface area (Å²) in [5.41, 5.74) is 2.52. The molecule has 0 bridgehead atoms. The lowest BCUT2D eigenvalue weighted by atomic mass is 10.1. The number of hydrogen-bond donors (Lipinski definition) is 1. The smallest absolute Gasteiger partial charge is 0.157 e. The Morgan fingerprint density at radius 3 is 3.11 bits per heavy atom. The molecule has 1 N–H and O–H groups in total. The topological polar surface area (TPSA) is 34.2 Å². The summed E-state index contributed by atoms with van der Waals surface area (Å²) in [5, 5.41) is 1.30. The van der Waals surface area contributed by atoms with E-state index in [1.54, 1.807) is 0 Å². The van der Waals surface area contributed by atoms with Crippen LogP contribution >= 0.6 is 0 Å². The Balaban J connectivity index is 1.56. The maximum absolute atomic E-state index is 5.77. The summed E-state index contributed by atoms with van der Waals surface area (Å²) in [6.07, 6.45) is 6.46. The van der Waals surface area contributed by atoms with Gasteiger partial charge in [-0.2, -0.15) is 0 Å². The molecule has 3 nitrogen and oxygen atoms in total. The lowest BCUT2D eigenvalue weighted by Gasteiger charge is -2.22. The van der Waals surface area contributed by atoms with Crippen molar-refractivity contribution in [2.75, 3.05) is 13.2 Å². The number of nitrogens with one attached hydrogen (secondary N) is 1. The van der Waals surface area contributed by atoms with Crippen LogP contribution in [0.1, 0.15) is 24.8 Å². The van der Waals surface area contributed by atoms with Crippen molar-refractivity contribution in [1.82, 2.24) is 4.98 Å². The summed E-state index contributed by atoms with van der Waals surface area (Å²) in [6.45, 7) is 1.57. The highest BCUT2D eigenvalue weighted by atomic mass is 16.7. The van der Waals surface area contributed by atoms with Crippen molar-refractivity contribution >= 4 is 10.9 Å². The fourth-order valence-electron chi connectivity index (χ4n) is 2.48. The fraction of sp³-hybridized carbons (Fsp3) is 0.467. The molecule has 0 aliphatic carbocycles. The van der Waals surface area contributed by atoms with Crippen LogP contribution in [0, 0.1) is 0 Å². The van der Waals surface area contributed by atoms with Gasteiger partial charge in [0.05, 0.1) is 6.61 Å². The molecule has 1 saturated heterocycles. The highest BCUT2D eigenvalue weighted by Gasteiger charge is 2.13. The molecule has 1 fully saturated rings. The first-order valence-electron chi connectivity index (χ1n) is 6.72. The normalized spacial score (nSPS) is 20.3. The van der Waals surface area contributed by atoms with Crippen LogP contribution in [-0.4, -0.2) is 24.5 Å². The highest BCUT2D eigenvalue weighted by molar-refractivity contribution is 5.82. The van der Waals surface area contributed by atoms with Gasteiger partial charge in [0.2, 0.25) is 0 Å². The zero-order chi connectivity index (χ0) is 12.2. The van der Waals surface area contributed by atoms with Crippen LogP contribution in [0.2, 0.25) is 0 Å². The van der Waals surface area contributed by atoms with Gasteiger partial charge in [-0.25, -0.2) is 0 Å². The van der Waals surface area contributed by atoms with Gasteiger partial charge in [0.1, 0.15) is 0 Å². The van der Waals surface area contributed by atoms with Crippen LogP contribution in [0.25, 0.3) is 10.9 Å². The second kappa shape index (κ2) is 5.55. The minimum absolute atomic E-state index is 0.0176. The number of aromatic amines is 1. The Morgan fingerprint density at radius 2 is 2.22 bits per heavy atom. The van der Waals surface area contributed by atoms with Crippen molar-refractivity contribution in [2.24, 2.45) is 0 Å². The summed E-state index contributed by atoms with van der Waals surface area (Å²) < 4.78 is 11.3. The Hall–Kier alpha value is -1.32. The van der Waals surface area contributed by atoms with E-state index in [2.05, 4.69) is 35.4 Å². The Bertz CT molecular complexity index is 500. The van der Waals surface area contributed by atoms with E-state index < -0.39 is 0 Å². The molecule has 0 radical (unpaired) electrons. The molecule has 1 aromatic carbocycles. The molecule has 96 valence electrons. The number of fused-ring (bicyclic) bond motifs is 1. The number of para-hydroxylation sites is 1. The average Bonchev–Trinajstić information content (AvgIpc) is 2.84. The minimum atomic E-state index is 0.0176. The molecule has 2 aromatic rings. The van der Waals surface area contributed by atoms with Crippen molar-refractivity contribution in [3.63, 3.8) is 0 Å². The van der Waals surface area contributed by atoms with E-state index in [4.69, 9.17) is 9.47 Å². The standard InChI is InChI=1S/C15H19NO2/c1-2-6-14-13(5-1)12(11-16-14)8-10-18-15-7-3-4-9-17-15/h1-2,5-6,11,15-16H,3-4,7-10H2. The molecular weight excluding hydrogens is 226 g/mol. The summed E-state index contributed by atoms with van der Waals surface area (Å²) in [4.78, 5) is 3.29. The van der Waals surface area contributed by atoms with Crippen LogP contribution in [0.4, 0.5) is 0 Å². The quantitative estimate of drug-likeness (QED) is 0.897. The van der Waals surface area contributed by atoms with Crippen molar-refractivity contribution in [3.05, 3.63) is 36.0 Å². The third-order valence-corrected chi connectivity index (χ3v) is 3.49. The molecule has 3 heteroatoms. The summed E-state index contributed by atoms with van der Waals surface area (Å²) in [5.74, 6) is 0. The molecule has 0 saturated carbocycles. The minimum Gasteiger partial charge on any atom is -0.361 e. The van der Waals surface area contributed by atoms with Crippen molar-refractivity contribution < 1.29 is 9.47 Å². The second-order valence-electron chi connectivity index (χ2n) is 4.78. The van der Waals surface area contributed by atoms with Crippen LogP contribution in [0.15, 0.2) is 30.5 Å². The molecular formula is C15H19NO2. The molecule has 0 amide bonds. The van der Waals surface area contributed by atoms with Gasteiger partial charge in [-0.15, -0.1) is 0 Å². The zero-order valence-electron chi connectivity index (χ0n) is 10.5. The summed E-state index contributed by atoms with van der Waals surface area (Å²) >= 11 is 0. The molecule has 18 heavy (non-hydrogen) atoms. The Labute approximate surface area is 107 Å². The Morgan fingerprint density at radius 1 is 1.28 bits per heavy atom. The molecule has 0 spiro atoms. The maximum atomic E-state index is 5.77. The van der Waals surface area contributed by atoms with Gasteiger partial charge in [0.15, 0.2) is 6.29 Å². The molecule has 1 aromatic heterocycles. The van der Waals surface area contributed by atoms with Gasteiger partial charge >= 0.3 is 0 Å². The van der Waals surface area contributed by atoms with E-state index in [0.29, 0.717) is 0 Å². The highest BCUT2D eigenvalue weighted by Crippen LogP contribution is 2.19. The monoisotopic (exact) mass is 245 g/mol. The van der Waals surface area contributed by atoms with Gasteiger partial charge in [-0.3, -0.25) is 0 Å². The summed E-state index contributed by atoms with van der Waals surface area (Å²) in [6, 6.07) is 8.38. The molecule has 1 atom stereocenters. The number of H-pyrrole nitrogens is 1. The number of rotatable bonds is 4. The lowest BCUT2D eigenvalue weighted by Crippen LogP contribution is -2.23. The zero-order valence-corrected chi connectivity index (χ0v) is 10.5. The van der Waals surface area contributed by atoms with Crippen molar-refractivity contribution in [1.29, 1.82) is 0 Å². The van der Waals surface area contributed by atoms with Gasteiger partial charge in [-0.1, -0.05) is 18.2 Å². The molecule has 1 unspecified atom stereocenters. The van der Waals surface area contributed by atoms with Gasteiger partial charge in [0, 0.05) is 23.7 Å². The molecule has 1 aliphatic heterocycles. The third kappa shape index (κ3) is 2.57. The predicted molar refractivity (Wildman–Crippen MR) is 71.5 cm³/mol. The number of ether oxygens (including phenoxy) is 2. The lowest BCUT2D eigenvalue weighted by molar-refractivity contribution is -0.161. The van der Waals surface area contributed by atoms with Crippen LogP contribution < -0.4 is 0 Å². The molecule has 3 rings (SSSR count). The van der Waals surface area contributed by atoms with Gasteiger partial charge < -0.3 is 14.5 Å². The fourth-order valence-corrected chi connectivity index (χ4v) is 2.48. The summed E-state index contributed by atoms with van der Waals surface area (Å²) in [7, 11) is 0. The van der Waals surface area contributed by atoms with E-state index in [1.165, 1.54) is 29.3 Å². The SMILES string of the molecule is c1ccc2c(CCOC3CCCCO3)c[nH]c2c1. The molecule has 1 aliphatic rings. The number of aromatic nitrogens is 1. The second-order valence-corrected chi connectivity index (χ2v) is 4.78. The van der Waals surface area contributed by atoms with Gasteiger partial charge in [-0.05, 0) is 37.3 Å². The number of hydrogen-bond acceptors (Lipinski definition) is 2. The Kier molecular flexibility index (Phi) is 3.62. The van der Waals surface area contributed by atoms with E-state index >= 15 is 0 Å². The molecule has 2 heterocycles. The van der Waals surface area contributed by atoms with E-state index in [1.807, 2.05) is 0 Å². The van der Waals surface area contributed by atoms with Crippen LogP contribution in [-0.2, 0) is 15.9 Å². The maximum Gasteiger partial charge on any atom is 0.157 e. The largest absolute Gasteiger partial charge is 0.361 e. The van der Waals surface area contributed by atoms with Crippen molar-refractivity contribution in [3.8, 4) is 0 Å². The van der Waals surface area contributed by atoms with E-state index in [9.17, 15) is 0 Å². The van der Waals surface area contributed by atoms with Gasteiger partial charge in [0.25, 0.3) is 0 Å². The number of benzene rings is 1. The predicted octanol–water partition coefficient (Wildman–Crippen LogP) is 3.25. The van der Waals surface area contributed by atoms with E-state index in [-0.39, 0.29) is 6.29 Å². The van der Waals surface area contributed by atoms with Crippen molar-refractivity contribution in [2.45, 2.75) is 32.0 Å².